The van der Waals surface area contributed by atoms with Crippen LogP contribution < -0.4 is 5.14 Å². The van der Waals surface area contributed by atoms with Crippen molar-refractivity contribution >= 4 is 10.0 Å². The molecule has 0 amide bonds. The summed E-state index contributed by atoms with van der Waals surface area (Å²) < 4.78 is 37.3. The Bertz CT molecular complexity index is 695. The monoisotopic (exact) mass is 283 g/mol. The zero-order chi connectivity index (χ0) is 14.0. The summed E-state index contributed by atoms with van der Waals surface area (Å²) in [6.07, 6.45) is 0.596. The number of nitrogens with zero attached hydrogens (tertiary/aromatic N) is 2. The number of primary sulfonamides is 1. The number of sulfonamides is 1. The Kier molecular flexibility index (Phi) is 3.68. The van der Waals surface area contributed by atoms with Gasteiger partial charge in [0.25, 0.3) is 10.0 Å². The molecule has 0 spiro atoms. The number of benzene rings is 1. The lowest BCUT2D eigenvalue weighted by molar-refractivity contribution is 0.560. The van der Waals surface area contributed by atoms with Crippen molar-refractivity contribution in [1.82, 2.24) is 9.78 Å². The maximum absolute atomic E-state index is 13.1. The van der Waals surface area contributed by atoms with Crippen LogP contribution >= 0.6 is 0 Å². The predicted molar refractivity (Wildman–Crippen MR) is 68.5 cm³/mol. The number of rotatable bonds is 4. The molecular formula is C12H14FN3O2S. The summed E-state index contributed by atoms with van der Waals surface area (Å²) in [6, 6.07) is 7.36. The standard InChI is InChI=1S/C12H14FN3O2S/c1-2-11-7-12(19(14,17)18)16(15-11)8-9-4-3-5-10(13)6-9/h3-7H,2,8H2,1H3,(H2,14,17,18). The largest absolute Gasteiger partial charge is 0.255 e. The summed E-state index contributed by atoms with van der Waals surface area (Å²) in [5.74, 6) is -0.377. The molecule has 0 aliphatic heterocycles. The third-order valence-corrected chi connectivity index (χ3v) is 3.58. The van der Waals surface area contributed by atoms with E-state index in [0.717, 1.165) is 0 Å². The Labute approximate surface area is 110 Å². The summed E-state index contributed by atoms with van der Waals surface area (Å²) in [5.41, 5.74) is 1.25. The molecule has 0 saturated carbocycles. The fourth-order valence-corrected chi connectivity index (χ4v) is 2.47. The van der Waals surface area contributed by atoms with Crippen LogP contribution in [-0.2, 0) is 23.0 Å². The van der Waals surface area contributed by atoms with Crippen molar-refractivity contribution in [2.24, 2.45) is 5.14 Å². The average Bonchev–Trinajstić information content (AvgIpc) is 2.72. The van der Waals surface area contributed by atoms with Crippen LogP contribution in [-0.4, -0.2) is 18.2 Å². The molecule has 0 saturated heterocycles. The first-order valence-corrected chi connectivity index (χ1v) is 7.28. The molecule has 0 unspecified atom stereocenters. The molecule has 1 aromatic carbocycles. The lowest BCUT2D eigenvalue weighted by Gasteiger charge is -2.06. The zero-order valence-electron chi connectivity index (χ0n) is 10.4. The van der Waals surface area contributed by atoms with E-state index >= 15 is 0 Å². The Morgan fingerprint density at radius 2 is 2.11 bits per heavy atom. The van der Waals surface area contributed by atoms with Gasteiger partial charge >= 0.3 is 0 Å². The van der Waals surface area contributed by atoms with Crippen molar-refractivity contribution in [1.29, 1.82) is 0 Å². The summed E-state index contributed by atoms with van der Waals surface area (Å²) in [4.78, 5) is 0. The Morgan fingerprint density at radius 3 is 2.68 bits per heavy atom. The minimum Gasteiger partial charge on any atom is -0.248 e. The average molecular weight is 283 g/mol. The van der Waals surface area contributed by atoms with Crippen molar-refractivity contribution in [3.8, 4) is 0 Å². The van der Waals surface area contributed by atoms with Gasteiger partial charge in [-0.15, -0.1) is 0 Å². The van der Waals surface area contributed by atoms with Crippen LogP contribution in [0.15, 0.2) is 35.4 Å². The highest BCUT2D eigenvalue weighted by Crippen LogP contribution is 2.13. The highest BCUT2D eigenvalue weighted by Gasteiger charge is 2.17. The normalized spacial score (nSPS) is 11.7. The van der Waals surface area contributed by atoms with Gasteiger partial charge in [-0.05, 0) is 30.2 Å². The van der Waals surface area contributed by atoms with Crippen molar-refractivity contribution in [2.45, 2.75) is 24.9 Å². The minimum absolute atomic E-state index is 0.0615. The second kappa shape index (κ2) is 5.10. The van der Waals surface area contributed by atoms with Gasteiger partial charge in [-0.1, -0.05) is 19.1 Å². The van der Waals surface area contributed by atoms with E-state index in [2.05, 4.69) is 5.10 Å². The molecular weight excluding hydrogens is 269 g/mol. The first kappa shape index (κ1) is 13.7. The molecule has 7 heteroatoms. The molecule has 1 aromatic heterocycles. The van der Waals surface area contributed by atoms with Gasteiger partial charge in [-0.3, -0.25) is 0 Å². The maximum Gasteiger partial charge on any atom is 0.255 e. The van der Waals surface area contributed by atoms with E-state index in [0.29, 0.717) is 17.7 Å². The second-order valence-corrected chi connectivity index (χ2v) is 5.67. The molecule has 2 aromatic rings. The quantitative estimate of drug-likeness (QED) is 0.918. The number of aromatic nitrogens is 2. The van der Waals surface area contributed by atoms with Crippen molar-refractivity contribution < 1.29 is 12.8 Å². The summed E-state index contributed by atoms with van der Waals surface area (Å²) in [6.45, 7) is 2.02. The first-order valence-electron chi connectivity index (χ1n) is 5.74. The molecule has 0 fully saturated rings. The molecule has 2 N–H and O–H groups in total. The highest BCUT2D eigenvalue weighted by atomic mass is 32.2. The number of hydrogen-bond acceptors (Lipinski definition) is 3. The van der Waals surface area contributed by atoms with Gasteiger partial charge < -0.3 is 0 Å². The smallest absolute Gasteiger partial charge is 0.248 e. The maximum atomic E-state index is 13.1. The van der Waals surface area contributed by atoms with Crippen LogP contribution in [0.2, 0.25) is 0 Å². The third-order valence-electron chi connectivity index (χ3n) is 2.67. The molecule has 0 radical (unpaired) electrons. The molecule has 0 atom stereocenters. The van der Waals surface area contributed by atoms with Crippen LogP contribution in [0.1, 0.15) is 18.2 Å². The molecule has 2 rings (SSSR count). The van der Waals surface area contributed by atoms with Crippen LogP contribution in [0.25, 0.3) is 0 Å². The Hall–Kier alpha value is -1.73. The molecule has 102 valence electrons. The number of nitrogens with two attached hydrogens (primary N) is 1. The van der Waals surface area contributed by atoms with E-state index in [9.17, 15) is 12.8 Å². The predicted octanol–water partition coefficient (Wildman–Crippen LogP) is 1.28. The van der Waals surface area contributed by atoms with E-state index in [1.165, 1.54) is 22.9 Å². The topological polar surface area (TPSA) is 78.0 Å². The van der Waals surface area contributed by atoms with Gasteiger partial charge in [0.2, 0.25) is 0 Å². The molecule has 0 aliphatic carbocycles. The van der Waals surface area contributed by atoms with Crippen molar-refractivity contribution in [2.75, 3.05) is 0 Å². The fourth-order valence-electron chi connectivity index (χ4n) is 1.77. The molecule has 19 heavy (non-hydrogen) atoms. The molecule has 1 heterocycles. The number of halogens is 1. The van der Waals surface area contributed by atoms with E-state index in [4.69, 9.17) is 5.14 Å². The van der Waals surface area contributed by atoms with Crippen LogP contribution in [0, 0.1) is 5.82 Å². The Balaban J connectivity index is 2.42. The van der Waals surface area contributed by atoms with Crippen molar-refractivity contribution in [3.05, 3.63) is 47.4 Å². The van der Waals surface area contributed by atoms with Crippen LogP contribution in [0.5, 0.6) is 0 Å². The van der Waals surface area contributed by atoms with E-state index in [1.807, 2.05) is 6.92 Å². The molecule has 5 nitrogen and oxygen atoms in total. The van der Waals surface area contributed by atoms with Gasteiger partial charge in [-0.2, -0.15) is 5.10 Å². The lowest BCUT2D eigenvalue weighted by atomic mass is 10.2. The van der Waals surface area contributed by atoms with E-state index < -0.39 is 10.0 Å². The lowest BCUT2D eigenvalue weighted by Crippen LogP contribution is -2.18. The third kappa shape index (κ3) is 3.18. The highest BCUT2D eigenvalue weighted by molar-refractivity contribution is 7.89. The second-order valence-electron chi connectivity index (χ2n) is 4.16. The zero-order valence-corrected chi connectivity index (χ0v) is 11.2. The molecule has 0 bridgehead atoms. The minimum atomic E-state index is -3.85. The number of aryl methyl sites for hydroxylation is 1. The van der Waals surface area contributed by atoms with Crippen molar-refractivity contribution in [3.63, 3.8) is 0 Å². The van der Waals surface area contributed by atoms with E-state index in [1.54, 1.807) is 12.1 Å². The van der Waals surface area contributed by atoms with Gasteiger partial charge in [0, 0.05) is 0 Å². The van der Waals surface area contributed by atoms with Gasteiger partial charge in [0.15, 0.2) is 5.03 Å². The van der Waals surface area contributed by atoms with Crippen LogP contribution in [0.4, 0.5) is 4.39 Å². The Morgan fingerprint density at radius 1 is 1.37 bits per heavy atom. The van der Waals surface area contributed by atoms with Gasteiger partial charge in [0.1, 0.15) is 5.82 Å². The van der Waals surface area contributed by atoms with Gasteiger partial charge in [0.05, 0.1) is 12.2 Å². The number of hydrogen-bond donors (Lipinski definition) is 1. The van der Waals surface area contributed by atoms with E-state index in [-0.39, 0.29) is 17.4 Å². The van der Waals surface area contributed by atoms with Crippen LogP contribution in [0.3, 0.4) is 0 Å². The molecule has 0 aliphatic rings. The SMILES string of the molecule is CCc1cc(S(N)(=O)=O)n(Cc2cccc(F)c2)n1. The van der Waals surface area contributed by atoms with Gasteiger partial charge in [-0.25, -0.2) is 22.6 Å². The first-order chi connectivity index (χ1) is 8.90. The summed E-state index contributed by atoms with van der Waals surface area (Å²) >= 11 is 0. The summed E-state index contributed by atoms with van der Waals surface area (Å²) in [7, 11) is -3.85. The fraction of sp³-hybridized carbons (Fsp3) is 0.250. The summed E-state index contributed by atoms with van der Waals surface area (Å²) in [5, 5.41) is 9.24.